The van der Waals surface area contributed by atoms with Gasteiger partial charge in [-0.25, -0.2) is 0 Å². The maximum Gasteiger partial charge on any atom is 0.119 e. The van der Waals surface area contributed by atoms with E-state index in [0.717, 1.165) is 24.0 Å². The van der Waals surface area contributed by atoms with Crippen LogP contribution in [0.4, 0.5) is 0 Å². The van der Waals surface area contributed by atoms with Crippen molar-refractivity contribution >= 4 is 0 Å². The number of rotatable bonds is 2. The van der Waals surface area contributed by atoms with Crippen molar-refractivity contribution in [3.05, 3.63) is 29.3 Å². The molecule has 0 bridgehead atoms. The Labute approximate surface area is 77.8 Å². The van der Waals surface area contributed by atoms with Crippen LogP contribution >= 0.6 is 0 Å². The number of aromatic hydroxyl groups is 1. The summed E-state index contributed by atoms with van der Waals surface area (Å²) >= 11 is 0. The molecule has 1 aliphatic carbocycles. The van der Waals surface area contributed by atoms with Gasteiger partial charge in [0.05, 0.1) is 6.61 Å². The highest BCUT2D eigenvalue weighted by Gasteiger charge is 2.46. The molecule has 0 unspecified atom stereocenters. The van der Waals surface area contributed by atoms with Crippen LogP contribution < -0.4 is 0 Å². The predicted molar refractivity (Wildman–Crippen MR) is 50.8 cm³/mol. The van der Waals surface area contributed by atoms with E-state index < -0.39 is 0 Å². The number of phenols is 1. The lowest BCUT2D eigenvalue weighted by atomic mass is 9.92. The summed E-state index contributed by atoms with van der Waals surface area (Å²) < 4.78 is 0. The van der Waals surface area contributed by atoms with Gasteiger partial charge in [0.15, 0.2) is 0 Å². The van der Waals surface area contributed by atoms with Gasteiger partial charge < -0.3 is 10.2 Å². The molecule has 0 spiro atoms. The first-order chi connectivity index (χ1) is 6.19. The minimum absolute atomic E-state index is 0.130. The molecule has 2 N–H and O–H groups in total. The van der Waals surface area contributed by atoms with Crippen molar-refractivity contribution in [1.29, 1.82) is 0 Å². The molecule has 0 radical (unpaired) electrons. The molecule has 70 valence electrons. The van der Waals surface area contributed by atoms with Gasteiger partial charge in [0.1, 0.15) is 5.75 Å². The molecule has 0 aliphatic heterocycles. The summed E-state index contributed by atoms with van der Waals surface area (Å²) in [4.78, 5) is 0. The van der Waals surface area contributed by atoms with Crippen LogP contribution in [0.2, 0.25) is 0 Å². The monoisotopic (exact) mass is 178 g/mol. The van der Waals surface area contributed by atoms with Crippen molar-refractivity contribution in [2.75, 3.05) is 6.61 Å². The number of phenolic OH excluding ortho intramolecular Hbond substituents is 1. The summed E-state index contributed by atoms with van der Waals surface area (Å²) in [5, 5.41) is 18.9. The van der Waals surface area contributed by atoms with Gasteiger partial charge in [0, 0.05) is 11.0 Å². The second kappa shape index (κ2) is 2.74. The molecule has 2 heteroatoms. The zero-order valence-corrected chi connectivity index (χ0v) is 7.75. The molecule has 1 aliphatic rings. The normalized spacial score (nSPS) is 18.6. The van der Waals surface area contributed by atoms with Crippen LogP contribution in [0.15, 0.2) is 18.2 Å². The van der Waals surface area contributed by atoms with E-state index in [4.69, 9.17) is 0 Å². The Balaban J connectivity index is 2.50. The summed E-state index contributed by atoms with van der Waals surface area (Å²) in [6, 6.07) is 5.50. The van der Waals surface area contributed by atoms with Crippen LogP contribution in [-0.4, -0.2) is 16.8 Å². The first kappa shape index (κ1) is 8.57. The second-order valence-corrected chi connectivity index (χ2v) is 3.91. The van der Waals surface area contributed by atoms with E-state index in [1.54, 1.807) is 6.07 Å². The predicted octanol–water partition coefficient (Wildman–Crippen LogP) is 1.72. The summed E-state index contributed by atoms with van der Waals surface area (Å²) in [6.07, 6.45) is 1.98. The van der Waals surface area contributed by atoms with Crippen molar-refractivity contribution in [2.24, 2.45) is 0 Å². The van der Waals surface area contributed by atoms with Gasteiger partial charge >= 0.3 is 0 Å². The van der Waals surface area contributed by atoms with E-state index in [1.165, 1.54) is 0 Å². The van der Waals surface area contributed by atoms with Gasteiger partial charge in [-0.3, -0.25) is 0 Å². The molecule has 0 heterocycles. The summed E-state index contributed by atoms with van der Waals surface area (Å²) in [6.45, 7) is 2.12. The third-order valence-corrected chi connectivity index (χ3v) is 2.94. The lowest BCUT2D eigenvalue weighted by molar-refractivity contribution is 0.251. The summed E-state index contributed by atoms with van der Waals surface area (Å²) in [5.74, 6) is 0.326. The van der Waals surface area contributed by atoms with Gasteiger partial charge in [0.25, 0.3) is 0 Å². The molecule has 2 rings (SSSR count). The Kier molecular flexibility index (Phi) is 1.81. The zero-order chi connectivity index (χ0) is 9.47. The van der Waals surface area contributed by atoms with Gasteiger partial charge in [0.2, 0.25) is 0 Å². The SMILES string of the molecule is Cc1cccc(O)c1C1(CO)CC1. The average molecular weight is 178 g/mol. The number of hydrogen-bond donors (Lipinski definition) is 2. The highest BCUT2D eigenvalue weighted by molar-refractivity contribution is 5.47. The van der Waals surface area contributed by atoms with Gasteiger partial charge in [-0.05, 0) is 31.4 Å². The van der Waals surface area contributed by atoms with Crippen molar-refractivity contribution in [3.63, 3.8) is 0 Å². The van der Waals surface area contributed by atoms with Crippen LogP contribution in [0, 0.1) is 6.92 Å². The van der Waals surface area contributed by atoms with E-state index in [9.17, 15) is 10.2 Å². The summed E-state index contributed by atoms with van der Waals surface area (Å²) in [5.41, 5.74) is 1.89. The number of aliphatic hydroxyl groups is 1. The highest BCUT2D eigenvalue weighted by Crippen LogP contribution is 2.51. The maximum atomic E-state index is 9.69. The van der Waals surface area contributed by atoms with Crippen LogP contribution in [0.25, 0.3) is 0 Å². The van der Waals surface area contributed by atoms with E-state index in [-0.39, 0.29) is 12.0 Å². The molecule has 13 heavy (non-hydrogen) atoms. The van der Waals surface area contributed by atoms with Crippen LogP contribution in [0.3, 0.4) is 0 Å². The van der Waals surface area contributed by atoms with E-state index in [2.05, 4.69) is 0 Å². The Morgan fingerprint density at radius 2 is 2.08 bits per heavy atom. The standard InChI is InChI=1S/C11H14O2/c1-8-3-2-4-9(13)10(8)11(7-12)5-6-11/h2-4,12-13H,5-7H2,1H3. The Bertz CT molecular complexity index is 307. The maximum absolute atomic E-state index is 9.69. The Morgan fingerprint density at radius 1 is 1.38 bits per heavy atom. The molecule has 1 aromatic carbocycles. The molecular formula is C11H14O2. The molecule has 0 saturated heterocycles. The third-order valence-electron chi connectivity index (χ3n) is 2.94. The van der Waals surface area contributed by atoms with Crippen LogP contribution in [-0.2, 0) is 5.41 Å². The fraction of sp³-hybridized carbons (Fsp3) is 0.455. The fourth-order valence-electron chi connectivity index (χ4n) is 1.98. The minimum atomic E-state index is -0.130. The minimum Gasteiger partial charge on any atom is -0.508 e. The van der Waals surface area contributed by atoms with Gasteiger partial charge in [-0.15, -0.1) is 0 Å². The molecule has 0 aromatic heterocycles. The number of aryl methyl sites for hydroxylation is 1. The lowest BCUT2D eigenvalue weighted by Crippen LogP contribution is -2.13. The third kappa shape index (κ3) is 1.22. The topological polar surface area (TPSA) is 40.5 Å². The molecule has 0 atom stereocenters. The fourth-order valence-corrected chi connectivity index (χ4v) is 1.98. The zero-order valence-electron chi connectivity index (χ0n) is 7.75. The molecule has 1 aromatic rings. The van der Waals surface area contributed by atoms with Crippen LogP contribution in [0.5, 0.6) is 5.75 Å². The number of benzene rings is 1. The highest BCUT2D eigenvalue weighted by atomic mass is 16.3. The summed E-state index contributed by atoms with van der Waals surface area (Å²) in [7, 11) is 0. The van der Waals surface area contributed by atoms with E-state index >= 15 is 0 Å². The van der Waals surface area contributed by atoms with Crippen LogP contribution in [0.1, 0.15) is 24.0 Å². The first-order valence-corrected chi connectivity index (χ1v) is 4.59. The second-order valence-electron chi connectivity index (χ2n) is 3.91. The molecule has 1 saturated carbocycles. The molecule has 0 amide bonds. The van der Waals surface area contributed by atoms with Crippen molar-refractivity contribution in [3.8, 4) is 5.75 Å². The van der Waals surface area contributed by atoms with E-state index in [1.807, 2.05) is 19.1 Å². The largest absolute Gasteiger partial charge is 0.508 e. The van der Waals surface area contributed by atoms with Crippen molar-refractivity contribution in [2.45, 2.75) is 25.2 Å². The number of hydrogen-bond acceptors (Lipinski definition) is 2. The molecular weight excluding hydrogens is 164 g/mol. The number of aliphatic hydroxyl groups excluding tert-OH is 1. The molecule has 2 nitrogen and oxygen atoms in total. The van der Waals surface area contributed by atoms with Crippen molar-refractivity contribution in [1.82, 2.24) is 0 Å². The smallest absolute Gasteiger partial charge is 0.119 e. The van der Waals surface area contributed by atoms with Crippen molar-refractivity contribution < 1.29 is 10.2 Å². The Morgan fingerprint density at radius 3 is 2.54 bits per heavy atom. The first-order valence-electron chi connectivity index (χ1n) is 4.59. The Hall–Kier alpha value is -1.02. The van der Waals surface area contributed by atoms with Gasteiger partial charge in [-0.2, -0.15) is 0 Å². The van der Waals surface area contributed by atoms with E-state index in [0.29, 0.717) is 5.75 Å². The lowest BCUT2D eigenvalue weighted by Gasteiger charge is -2.16. The van der Waals surface area contributed by atoms with Gasteiger partial charge in [-0.1, -0.05) is 12.1 Å². The quantitative estimate of drug-likeness (QED) is 0.724. The average Bonchev–Trinajstić information content (AvgIpc) is 2.85. The molecule has 1 fully saturated rings.